The summed E-state index contributed by atoms with van der Waals surface area (Å²) in [5.74, 6) is -0.726. The second-order valence-corrected chi connectivity index (χ2v) is 17.4. The fraction of sp³-hybridized carbons (Fsp3) is 0.465. The summed E-state index contributed by atoms with van der Waals surface area (Å²) in [5.41, 5.74) is 0.472. The lowest BCUT2D eigenvalue weighted by Gasteiger charge is -2.47. The number of nitrogens with one attached hydrogen (secondary N) is 3. The Morgan fingerprint density at radius 2 is 1.57 bits per heavy atom. The minimum Gasteiger partial charge on any atom is -0.484 e. The molecule has 2 aliphatic heterocycles. The first-order valence-corrected chi connectivity index (χ1v) is 20.7. The van der Waals surface area contributed by atoms with Gasteiger partial charge in [-0.25, -0.2) is 14.0 Å². The summed E-state index contributed by atoms with van der Waals surface area (Å²) >= 11 is 1.31. The predicted octanol–water partition coefficient (Wildman–Crippen LogP) is 5.49. The normalized spacial score (nSPS) is 16.9. The maximum atomic E-state index is 13.8. The molecule has 4 amide bonds. The Bertz CT molecular complexity index is 1990. The number of anilines is 1. The van der Waals surface area contributed by atoms with Gasteiger partial charge in [-0.05, 0) is 120 Å². The van der Waals surface area contributed by atoms with Gasteiger partial charge in [-0.15, -0.1) is 11.8 Å². The number of thioether (sulfide) groups is 1. The topological polar surface area (TPSA) is 191 Å². The average Bonchev–Trinajstić information content (AvgIpc) is 3.65. The number of aliphatic hydroxyl groups excluding tert-OH is 1. The van der Waals surface area contributed by atoms with Gasteiger partial charge < -0.3 is 49.6 Å². The molecule has 0 radical (unpaired) electrons. The molecule has 0 aliphatic carbocycles. The number of unbranched alkanes of at least 4 members (excludes halogenated alkanes) is 1. The number of nitrogens with zero attached hydrogens (tertiary/aromatic N) is 1. The first-order valence-electron chi connectivity index (χ1n) is 19.6. The minimum atomic E-state index is -0.979. The highest BCUT2D eigenvalue weighted by Gasteiger charge is 2.49. The van der Waals surface area contributed by atoms with Crippen molar-refractivity contribution in [2.75, 3.05) is 37.1 Å². The molecular formula is C43H53FN4O11S. The van der Waals surface area contributed by atoms with Crippen LogP contribution in [0.5, 0.6) is 17.2 Å². The zero-order valence-electron chi connectivity index (χ0n) is 34.6. The number of fused-ring (bicyclic) bond motifs is 1. The third-order valence-corrected chi connectivity index (χ3v) is 10.3. The summed E-state index contributed by atoms with van der Waals surface area (Å²) in [6.45, 7) is 10.0. The zero-order valence-corrected chi connectivity index (χ0v) is 35.4. The van der Waals surface area contributed by atoms with E-state index in [0.717, 1.165) is 5.56 Å². The molecule has 0 saturated carbocycles. The van der Waals surface area contributed by atoms with Crippen LogP contribution >= 0.6 is 11.8 Å². The summed E-state index contributed by atoms with van der Waals surface area (Å²) < 4.78 is 41.0. The maximum absolute atomic E-state index is 13.8. The predicted molar refractivity (Wildman–Crippen MR) is 221 cm³/mol. The van der Waals surface area contributed by atoms with Crippen LogP contribution in [0.25, 0.3) is 0 Å². The van der Waals surface area contributed by atoms with E-state index in [2.05, 4.69) is 16.0 Å². The standard InChI is InChI=1S/C43H53FN4O11S/c1-42(2,3)58-40(53)31(9-7-8-20-45-41(54)59-43(4,5)6)47-35(50)22-46-36(51)23-55-30-17-10-26(11-18-30)37-38(39(52)48(37)29-15-13-28(44)14-16-29)60-24-32(49)27-12-19-33-34(21-27)57-25-56-33/h10-19,21,31-32,37-38,49H,7-9,20,22-25H2,1-6H3,(H,45,54)(H,46,51)(H,47,50)/t31-,32?,37-,38-/m1/s1. The summed E-state index contributed by atoms with van der Waals surface area (Å²) in [6.07, 6.45) is -0.201. The number of carbonyl (C=O) groups is 5. The van der Waals surface area contributed by atoms with E-state index in [1.807, 2.05) is 0 Å². The number of rotatable bonds is 18. The molecule has 1 saturated heterocycles. The van der Waals surface area contributed by atoms with Crippen molar-refractivity contribution in [3.63, 3.8) is 0 Å². The highest BCUT2D eigenvalue weighted by atomic mass is 32.2. The molecule has 0 bridgehead atoms. The molecule has 2 aliphatic rings. The number of alkyl carbamates (subject to hydrolysis) is 1. The van der Waals surface area contributed by atoms with E-state index in [0.29, 0.717) is 47.9 Å². The van der Waals surface area contributed by atoms with E-state index < -0.39 is 77.5 Å². The third kappa shape index (κ3) is 13.2. The van der Waals surface area contributed by atoms with E-state index in [-0.39, 0.29) is 24.9 Å². The van der Waals surface area contributed by atoms with Gasteiger partial charge in [0.15, 0.2) is 18.1 Å². The Morgan fingerprint density at radius 3 is 2.25 bits per heavy atom. The molecule has 3 aromatic rings. The van der Waals surface area contributed by atoms with Crippen molar-refractivity contribution < 1.29 is 57.2 Å². The van der Waals surface area contributed by atoms with Gasteiger partial charge in [0.1, 0.15) is 34.1 Å². The monoisotopic (exact) mass is 852 g/mol. The van der Waals surface area contributed by atoms with Crippen LogP contribution in [0.3, 0.4) is 0 Å². The molecule has 0 aromatic heterocycles. The fourth-order valence-corrected chi connectivity index (χ4v) is 7.53. The van der Waals surface area contributed by atoms with Gasteiger partial charge in [-0.1, -0.05) is 18.2 Å². The smallest absolute Gasteiger partial charge is 0.407 e. The van der Waals surface area contributed by atoms with E-state index in [1.165, 1.54) is 36.0 Å². The summed E-state index contributed by atoms with van der Waals surface area (Å²) in [6, 6.07) is 16.2. The van der Waals surface area contributed by atoms with Crippen LogP contribution in [0.4, 0.5) is 14.9 Å². The van der Waals surface area contributed by atoms with Crippen molar-refractivity contribution >= 4 is 47.2 Å². The molecule has 0 spiro atoms. The van der Waals surface area contributed by atoms with Gasteiger partial charge in [0, 0.05) is 18.0 Å². The number of amides is 4. The number of carbonyl (C=O) groups excluding carboxylic acids is 5. The van der Waals surface area contributed by atoms with Crippen molar-refractivity contribution in [3.8, 4) is 17.2 Å². The van der Waals surface area contributed by atoms with Crippen molar-refractivity contribution in [2.45, 2.75) is 95.4 Å². The van der Waals surface area contributed by atoms with E-state index >= 15 is 0 Å². The number of benzene rings is 3. The van der Waals surface area contributed by atoms with Crippen LogP contribution in [-0.4, -0.2) is 89.6 Å². The number of β-lactam (4-membered cyclic amide) rings is 1. The van der Waals surface area contributed by atoms with Crippen LogP contribution in [0.2, 0.25) is 0 Å². The van der Waals surface area contributed by atoms with Crippen LogP contribution < -0.4 is 35.1 Å². The number of ether oxygens (including phenoxy) is 5. The molecule has 17 heteroatoms. The third-order valence-electron chi connectivity index (χ3n) is 9.02. The molecule has 3 aromatic carbocycles. The summed E-state index contributed by atoms with van der Waals surface area (Å²) in [7, 11) is 0. The highest BCUT2D eigenvalue weighted by molar-refractivity contribution is 8.00. The van der Waals surface area contributed by atoms with Crippen LogP contribution in [0.1, 0.15) is 84.1 Å². The number of hydrogen-bond acceptors (Lipinski definition) is 12. The van der Waals surface area contributed by atoms with Crippen molar-refractivity contribution in [1.29, 1.82) is 0 Å². The van der Waals surface area contributed by atoms with E-state index in [1.54, 1.807) is 88.9 Å². The minimum absolute atomic E-state index is 0.109. The van der Waals surface area contributed by atoms with Gasteiger partial charge in [0.05, 0.1) is 18.7 Å². The summed E-state index contributed by atoms with van der Waals surface area (Å²) in [4.78, 5) is 65.4. The van der Waals surface area contributed by atoms with Gasteiger partial charge in [0.2, 0.25) is 18.6 Å². The summed E-state index contributed by atoms with van der Waals surface area (Å²) in [5, 5.41) is 18.2. The molecule has 5 rings (SSSR count). The Hall–Kier alpha value is -5.55. The Morgan fingerprint density at radius 1 is 0.883 bits per heavy atom. The van der Waals surface area contributed by atoms with Crippen molar-refractivity contribution in [3.05, 3.63) is 83.7 Å². The van der Waals surface area contributed by atoms with Gasteiger partial charge in [0.25, 0.3) is 5.91 Å². The Labute approximate surface area is 353 Å². The van der Waals surface area contributed by atoms with E-state index in [9.17, 15) is 33.5 Å². The second-order valence-electron chi connectivity index (χ2n) is 16.2. The number of esters is 1. The highest BCUT2D eigenvalue weighted by Crippen LogP contribution is 2.46. The van der Waals surface area contributed by atoms with Crippen molar-refractivity contribution in [2.24, 2.45) is 0 Å². The molecule has 1 unspecified atom stereocenters. The van der Waals surface area contributed by atoms with Gasteiger partial charge in [-0.2, -0.15) is 0 Å². The van der Waals surface area contributed by atoms with Crippen molar-refractivity contribution in [1.82, 2.24) is 16.0 Å². The lowest BCUT2D eigenvalue weighted by Crippen LogP contribution is -2.57. The zero-order chi connectivity index (χ0) is 43.6. The maximum Gasteiger partial charge on any atom is 0.407 e. The SMILES string of the molecule is CC(C)(C)OC(=O)NCCCC[C@@H](NC(=O)CNC(=O)COc1ccc([C@@H]2[C@@H](SCC(O)c3ccc4c(c3)OCO4)C(=O)N2c2ccc(F)cc2)cc1)C(=O)OC(C)(C)C. The molecule has 1 fully saturated rings. The number of aliphatic hydroxyl groups is 1. The Balaban J connectivity index is 1.12. The van der Waals surface area contributed by atoms with Crippen LogP contribution in [0.15, 0.2) is 66.7 Å². The Kier molecular flexibility index (Phi) is 15.3. The lowest BCUT2D eigenvalue weighted by atomic mass is 9.92. The molecule has 15 nitrogen and oxygen atoms in total. The molecule has 60 heavy (non-hydrogen) atoms. The molecule has 2 heterocycles. The first-order chi connectivity index (χ1) is 28.4. The second kappa shape index (κ2) is 20.1. The average molecular weight is 853 g/mol. The first kappa shape index (κ1) is 45.5. The largest absolute Gasteiger partial charge is 0.484 e. The molecule has 4 N–H and O–H groups in total. The fourth-order valence-electron chi connectivity index (χ4n) is 6.24. The van der Waals surface area contributed by atoms with Crippen LogP contribution in [0, 0.1) is 5.82 Å². The molecular weight excluding hydrogens is 800 g/mol. The van der Waals surface area contributed by atoms with E-state index in [4.69, 9.17) is 23.7 Å². The number of halogens is 1. The van der Waals surface area contributed by atoms with Gasteiger partial charge >= 0.3 is 12.1 Å². The molecule has 324 valence electrons. The quantitative estimate of drug-likeness (QED) is 0.0716. The molecule has 4 atom stereocenters. The van der Waals surface area contributed by atoms with Crippen LogP contribution in [-0.2, 0) is 28.7 Å². The number of hydrogen-bond donors (Lipinski definition) is 4. The lowest BCUT2D eigenvalue weighted by molar-refractivity contribution is -0.158. The van der Waals surface area contributed by atoms with Gasteiger partial charge in [-0.3, -0.25) is 14.4 Å².